The fraction of sp³-hybridized carbons (Fsp3) is 0.760. The Morgan fingerprint density at radius 3 is 1.73 bits per heavy atom. The highest BCUT2D eigenvalue weighted by Gasteiger charge is 2.16. The Labute approximate surface area is 164 Å². The predicted octanol–water partition coefficient (Wildman–Crippen LogP) is 7.35. The molecular weight excluding hydrogens is 314 g/mol. The second kappa shape index (κ2) is 15.3. The van der Waals surface area contributed by atoms with Gasteiger partial charge in [0.05, 0.1) is 0 Å². The summed E-state index contributed by atoms with van der Waals surface area (Å²) in [5.74, 6) is 1.77. The summed E-state index contributed by atoms with van der Waals surface area (Å²) < 4.78 is 0. The predicted molar refractivity (Wildman–Crippen MR) is 118 cm³/mol. The minimum absolute atomic E-state index is 0.885. The van der Waals surface area contributed by atoms with Crippen LogP contribution in [0.4, 0.5) is 0 Å². The van der Waals surface area contributed by atoms with E-state index in [9.17, 15) is 0 Å². The van der Waals surface area contributed by atoms with Gasteiger partial charge in [0.15, 0.2) is 0 Å². The van der Waals surface area contributed by atoms with Crippen LogP contribution in [0.3, 0.4) is 0 Å². The van der Waals surface area contributed by atoms with Gasteiger partial charge < -0.3 is 4.90 Å². The van der Waals surface area contributed by atoms with Crippen LogP contribution in [0.25, 0.3) is 0 Å². The average molecular weight is 360 g/mol. The lowest BCUT2D eigenvalue weighted by molar-refractivity contribution is 0.179. The first-order chi connectivity index (χ1) is 12.7. The topological polar surface area (TPSA) is 3.24 Å². The van der Waals surface area contributed by atoms with Gasteiger partial charge in [-0.3, -0.25) is 0 Å². The molecule has 0 bridgehead atoms. The van der Waals surface area contributed by atoms with Crippen LogP contribution >= 0.6 is 0 Å². The molecule has 0 aromatic heterocycles. The van der Waals surface area contributed by atoms with Crippen LogP contribution in [-0.2, 0) is 6.42 Å². The molecule has 0 heterocycles. The average Bonchev–Trinajstić information content (AvgIpc) is 2.68. The Morgan fingerprint density at radius 2 is 1.27 bits per heavy atom. The zero-order chi connectivity index (χ0) is 19.0. The molecule has 2 atom stereocenters. The van der Waals surface area contributed by atoms with Gasteiger partial charge in [-0.25, -0.2) is 0 Å². The van der Waals surface area contributed by atoms with Crippen LogP contribution in [0, 0.1) is 11.8 Å². The molecule has 0 saturated heterocycles. The summed E-state index contributed by atoms with van der Waals surface area (Å²) in [6.07, 6.45) is 13.4. The number of unbranched alkanes of at least 4 members (excludes halogenated alkanes) is 2. The van der Waals surface area contributed by atoms with E-state index in [1.165, 1.54) is 89.4 Å². The molecule has 0 amide bonds. The lowest BCUT2D eigenvalue weighted by Gasteiger charge is -2.30. The molecule has 0 aliphatic heterocycles. The number of nitrogens with zero attached hydrogens (tertiary/aromatic N) is 1. The smallest absolute Gasteiger partial charge is 0.000967 e. The standard InChI is InChI=1S/C25H45N/c1-5-9-15-23(7-3)21-26(22-24(8-4)16-10-6-2)20-14-19-25-17-12-11-13-18-25/h11-13,17-18,23-24H,5-10,14-16,19-22H2,1-4H3. The molecule has 0 aliphatic rings. The maximum absolute atomic E-state index is 2.82. The van der Waals surface area contributed by atoms with Crippen molar-refractivity contribution >= 4 is 0 Å². The fourth-order valence-electron chi connectivity index (χ4n) is 3.97. The van der Waals surface area contributed by atoms with E-state index >= 15 is 0 Å². The largest absolute Gasteiger partial charge is 0.303 e. The van der Waals surface area contributed by atoms with Crippen LogP contribution < -0.4 is 0 Å². The number of hydrogen-bond donors (Lipinski definition) is 0. The summed E-state index contributed by atoms with van der Waals surface area (Å²) in [4.78, 5) is 2.82. The number of rotatable bonds is 16. The van der Waals surface area contributed by atoms with Crippen molar-refractivity contribution in [2.45, 2.75) is 91.9 Å². The molecule has 1 aromatic rings. The van der Waals surface area contributed by atoms with Gasteiger partial charge in [-0.1, -0.05) is 96.6 Å². The molecule has 0 saturated carbocycles. The minimum atomic E-state index is 0.885. The second-order valence-corrected chi connectivity index (χ2v) is 8.18. The Hall–Kier alpha value is -0.820. The van der Waals surface area contributed by atoms with Crippen molar-refractivity contribution in [3.05, 3.63) is 35.9 Å². The van der Waals surface area contributed by atoms with E-state index in [1.807, 2.05) is 0 Å². The van der Waals surface area contributed by atoms with Crippen LogP contribution in [0.15, 0.2) is 30.3 Å². The fourth-order valence-corrected chi connectivity index (χ4v) is 3.97. The van der Waals surface area contributed by atoms with E-state index in [4.69, 9.17) is 0 Å². The van der Waals surface area contributed by atoms with Crippen LogP contribution in [0.2, 0.25) is 0 Å². The third-order valence-electron chi connectivity index (χ3n) is 5.90. The van der Waals surface area contributed by atoms with Crippen LogP contribution in [0.5, 0.6) is 0 Å². The molecule has 1 aromatic carbocycles. The summed E-state index contributed by atoms with van der Waals surface area (Å²) in [5.41, 5.74) is 1.49. The third kappa shape index (κ3) is 10.4. The first kappa shape index (κ1) is 23.2. The van der Waals surface area contributed by atoms with Gasteiger partial charge in [-0.2, -0.15) is 0 Å². The molecule has 0 fully saturated rings. The molecule has 2 unspecified atom stereocenters. The van der Waals surface area contributed by atoms with E-state index in [0.29, 0.717) is 0 Å². The number of aryl methyl sites for hydroxylation is 1. The molecule has 150 valence electrons. The van der Waals surface area contributed by atoms with E-state index in [1.54, 1.807) is 0 Å². The van der Waals surface area contributed by atoms with Crippen molar-refractivity contribution in [2.24, 2.45) is 11.8 Å². The van der Waals surface area contributed by atoms with Crippen molar-refractivity contribution in [1.29, 1.82) is 0 Å². The Balaban J connectivity index is 2.57. The van der Waals surface area contributed by atoms with E-state index in [0.717, 1.165) is 11.8 Å². The number of hydrogen-bond acceptors (Lipinski definition) is 1. The van der Waals surface area contributed by atoms with E-state index in [2.05, 4.69) is 62.9 Å². The second-order valence-electron chi connectivity index (χ2n) is 8.18. The molecule has 0 aliphatic carbocycles. The van der Waals surface area contributed by atoms with Gasteiger partial charge in [-0.15, -0.1) is 0 Å². The van der Waals surface area contributed by atoms with Crippen LogP contribution in [-0.4, -0.2) is 24.5 Å². The Kier molecular flexibility index (Phi) is 13.6. The van der Waals surface area contributed by atoms with Crippen LogP contribution in [0.1, 0.15) is 91.0 Å². The highest BCUT2D eigenvalue weighted by Crippen LogP contribution is 2.19. The van der Waals surface area contributed by atoms with Crippen molar-refractivity contribution in [3.63, 3.8) is 0 Å². The Bertz CT molecular complexity index is 395. The molecule has 1 heteroatoms. The highest BCUT2D eigenvalue weighted by atomic mass is 15.1. The summed E-state index contributed by atoms with van der Waals surface area (Å²) in [6, 6.07) is 11.0. The van der Waals surface area contributed by atoms with Crippen molar-refractivity contribution < 1.29 is 0 Å². The molecule has 1 rings (SSSR count). The monoisotopic (exact) mass is 359 g/mol. The Morgan fingerprint density at radius 1 is 0.731 bits per heavy atom. The maximum atomic E-state index is 2.82. The molecule has 26 heavy (non-hydrogen) atoms. The zero-order valence-corrected chi connectivity index (χ0v) is 18.2. The molecule has 1 nitrogen and oxygen atoms in total. The summed E-state index contributed by atoms with van der Waals surface area (Å²) in [7, 11) is 0. The summed E-state index contributed by atoms with van der Waals surface area (Å²) in [6.45, 7) is 13.3. The summed E-state index contributed by atoms with van der Waals surface area (Å²) >= 11 is 0. The number of benzene rings is 1. The normalized spacial score (nSPS) is 13.9. The first-order valence-electron chi connectivity index (χ1n) is 11.5. The lowest BCUT2D eigenvalue weighted by atomic mass is 9.95. The lowest BCUT2D eigenvalue weighted by Crippen LogP contribution is -2.35. The van der Waals surface area contributed by atoms with Gasteiger partial charge in [0, 0.05) is 13.1 Å². The minimum Gasteiger partial charge on any atom is -0.303 e. The maximum Gasteiger partial charge on any atom is 0.000967 e. The van der Waals surface area contributed by atoms with Crippen molar-refractivity contribution in [3.8, 4) is 0 Å². The third-order valence-corrected chi connectivity index (χ3v) is 5.90. The quantitative estimate of drug-likeness (QED) is 0.298. The van der Waals surface area contributed by atoms with Gasteiger partial charge >= 0.3 is 0 Å². The van der Waals surface area contributed by atoms with Gasteiger partial charge in [0.1, 0.15) is 0 Å². The summed E-state index contributed by atoms with van der Waals surface area (Å²) in [5, 5.41) is 0. The molecule has 0 radical (unpaired) electrons. The van der Waals surface area contributed by atoms with Gasteiger partial charge in [0.25, 0.3) is 0 Å². The van der Waals surface area contributed by atoms with Gasteiger partial charge in [-0.05, 0) is 49.6 Å². The molecule has 0 N–H and O–H groups in total. The zero-order valence-electron chi connectivity index (χ0n) is 18.2. The van der Waals surface area contributed by atoms with Crippen molar-refractivity contribution in [2.75, 3.05) is 19.6 Å². The molecule has 0 spiro atoms. The molecular formula is C25H45N. The van der Waals surface area contributed by atoms with E-state index in [-0.39, 0.29) is 0 Å². The van der Waals surface area contributed by atoms with Gasteiger partial charge in [0.2, 0.25) is 0 Å². The van der Waals surface area contributed by atoms with Crippen molar-refractivity contribution in [1.82, 2.24) is 4.90 Å². The first-order valence-corrected chi connectivity index (χ1v) is 11.5. The highest BCUT2D eigenvalue weighted by molar-refractivity contribution is 5.14. The SMILES string of the molecule is CCCCC(CC)CN(CCCc1ccccc1)CC(CC)CCCC. The van der Waals surface area contributed by atoms with E-state index < -0.39 is 0 Å².